The van der Waals surface area contributed by atoms with Crippen molar-refractivity contribution in [3.05, 3.63) is 54.0 Å². The fourth-order valence-electron chi connectivity index (χ4n) is 3.68. The number of hydrogen-bond acceptors (Lipinski definition) is 5. The molecular weight excluding hydrogens is 533 g/mol. The number of benzene rings is 1. The van der Waals surface area contributed by atoms with Crippen molar-refractivity contribution in [2.75, 3.05) is 50.7 Å². The van der Waals surface area contributed by atoms with Crippen molar-refractivity contribution < 1.29 is 14.3 Å². The molecule has 1 unspecified atom stereocenters. The lowest BCUT2D eigenvalue weighted by Gasteiger charge is -2.36. The Kier molecular flexibility index (Phi) is 10.5. The van der Waals surface area contributed by atoms with Gasteiger partial charge in [0.1, 0.15) is 17.1 Å². The normalized spacial score (nSPS) is 16.1. The van der Waals surface area contributed by atoms with E-state index in [0.717, 1.165) is 31.9 Å². The first-order valence-electron chi connectivity index (χ1n) is 11.3. The number of carbonyl (C=O) groups is 1. The molecule has 3 N–H and O–H groups in total. The summed E-state index contributed by atoms with van der Waals surface area (Å²) < 4.78 is 5.54. The smallest absolute Gasteiger partial charge is 0.224 e. The number of anilines is 1. The number of nitrogens with zero attached hydrogens (tertiary/aromatic N) is 3. The summed E-state index contributed by atoms with van der Waals surface area (Å²) in [5.74, 6) is 1.94. The van der Waals surface area contributed by atoms with Gasteiger partial charge in [0.25, 0.3) is 0 Å². The third-order valence-electron chi connectivity index (χ3n) is 5.55. The minimum absolute atomic E-state index is 0. The molecule has 0 aliphatic carbocycles. The van der Waals surface area contributed by atoms with E-state index in [1.54, 1.807) is 13.0 Å². The van der Waals surface area contributed by atoms with Crippen LogP contribution < -0.4 is 15.5 Å². The molecule has 1 atom stereocenters. The first kappa shape index (κ1) is 27.0. The van der Waals surface area contributed by atoms with Crippen molar-refractivity contribution in [2.45, 2.75) is 32.8 Å². The number of halogens is 1. The zero-order valence-electron chi connectivity index (χ0n) is 19.7. The Labute approximate surface area is 213 Å². The molecule has 1 fully saturated rings. The van der Waals surface area contributed by atoms with Gasteiger partial charge in [0, 0.05) is 51.4 Å². The third kappa shape index (κ3) is 7.92. The first-order valence-corrected chi connectivity index (χ1v) is 11.3. The predicted molar refractivity (Wildman–Crippen MR) is 142 cm³/mol. The lowest BCUT2D eigenvalue weighted by atomic mass is 10.0. The van der Waals surface area contributed by atoms with E-state index in [0.29, 0.717) is 31.2 Å². The summed E-state index contributed by atoms with van der Waals surface area (Å²) in [6, 6.07) is 13.9. The number of aryl methyl sites for hydroxylation is 1. The van der Waals surface area contributed by atoms with Crippen molar-refractivity contribution in [1.82, 2.24) is 15.5 Å². The lowest BCUT2D eigenvalue weighted by Crippen LogP contribution is -2.49. The van der Waals surface area contributed by atoms with Crippen molar-refractivity contribution in [2.24, 2.45) is 4.99 Å². The van der Waals surface area contributed by atoms with Crippen LogP contribution in [0.1, 0.15) is 31.8 Å². The lowest BCUT2D eigenvalue weighted by molar-refractivity contribution is -0.131. The van der Waals surface area contributed by atoms with Crippen LogP contribution >= 0.6 is 24.0 Å². The molecule has 0 bridgehead atoms. The molecular formula is C24H36IN5O3. The van der Waals surface area contributed by atoms with E-state index >= 15 is 0 Å². The summed E-state index contributed by atoms with van der Waals surface area (Å²) in [6.45, 7) is 9.94. The van der Waals surface area contributed by atoms with Crippen molar-refractivity contribution in [3.63, 3.8) is 0 Å². The Hall–Kier alpha value is -2.27. The number of rotatable bonds is 8. The van der Waals surface area contributed by atoms with Gasteiger partial charge in [0.05, 0.1) is 6.54 Å². The Bertz CT molecular complexity index is 893. The molecule has 0 radical (unpaired) electrons. The quantitative estimate of drug-likeness (QED) is 0.257. The molecule has 1 aromatic heterocycles. The van der Waals surface area contributed by atoms with E-state index in [9.17, 15) is 9.90 Å². The molecule has 0 spiro atoms. The first-order chi connectivity index (χ1) is 15.4. The molecule has 9 heteroatoms. The van der Waals surface area contributed by atoms with Crippen LogP contribution in [0.3, 0.4) is 0 Å². The highest BCUT2D eigenvalue weighted by atomic mass is 127. The van der Waals surface area contributed by atoms with E-state index in [1.807, 2.05) is 43.0 Å². The molecule has 1 aliphatic rings. The second kappa shape index (κ2) is 12.8. The SMILES string of the molecule is CCNC(=NCC(C)(O)c1ccc(C)o1)NCCC(=O)N1CCN(c2ccccc2)CC1.I. The van der Waals surface area contributed by atoms with Crippen LogP contribution in [0.2, 0.25) is 0 Å². The predicted octanol–water partition coefficient (Wildman–Crippen LogP) is 2.71. The largest absolute Gasteiger partial charge is 0.463 e. The topological polar surface area (TPSA) is 93.3 Å². The zero-order valence-corrected chi connectivity index (χ0v) is 22.0. The summed E-state index contributed by atoms with van der Waals surface area (Å²) in [4.78, 5) is 21.4. The molecule has 1 aliphatic heterocycles. The van der Waals surface area contributed by atoms with Crippen LogP contribution in [0.4, 0.5) is 5.69 Å². The van der Waals surface area contributed by atoms with Crippen LogP contribution in [0.15, 0.2) is 51.9 Å². The summed E-state index contributed by atoms with van der Waals surface area (Å²) >= 11 is 0. The minimum atomic E-state index is -1.20. The maximum atomic E-state index is 12.6. The highest BCUT2D eigenvalue weighted by Gasteiger charge is 2.27. The fraction of sp³-hybridized carbons (Fsp3) is 0.500. The molecule has 1 aromatic carbocycles. The van der Waals surface area contributed by atoms with Crippen molar-refractivity contribution in [3.8, 4) is 0 Å². The van der Waals surface area contributed by atoms with Crippen LogP contribution in [0, 0.1) is 6.92 Å². The number of guanidine groups is 1. The van der Waals surface area contributed by atoms with Crippen molar-refractivity contribution >= 4 is 41.5 Å². The third-order valence-corrected chi connectivity index (χ3v) is 5.55. The highest BCUT2D eigenvalue weighted by Crippen LogP contribution is 2.23. The van der Waals surface area contributed by atoms with Crippen LogP contribution in [-0.4, -0.2) is 67.7 Å². The fourth-order valence-corrected chi connectivity index (χ4v) is 3.68. The molecule has 33 heavy (non-hydrogen) atoms. The minimum Gasteiger partial charge on any atom is -0.463 e. The van der Waals surface area contributed by atoms with Crippen LogP contribution in [0.25, 0.3) is 0 Å². The number of furan rings is 1. The van der Waals surface area contributed by atoms with Crippen LogP contribution in [-0.2, 0) is 10.4 Å². The summed E-state index contributed by atoms with van der Waals surface area (Å²) in [5, 5.41) is 17.0. The number of para-hydroxylation sites is 1. The van der Waals surface area contributed by atoms with Gasteiger partial charge in [-0.15, -0.1) is 24.0 Å². The molecule has 8 nitrogen and oxygen atoms in total. The van der Waals surface area contributed by atoms with Crippen molar-refractivity contribution in [1.29, 1.82) is 0 Å². The standard InChI is InChI=1S/C24H35N5O3.HI/c1-4-25-23(27-18-24(3,31)21-11-10-19(2)32-21)26-13-12-22(30)29-16-14-28(15-17-29)20-8-6-5-7-9-20;/h5-11,31H,4,12-18H2,1-3H3,(H2,25,26,27);1H. The Morgan fingerprint density at radius 3 is 2.42 bits per heavy atom. The maximum absolute atomic E-state index is 12.6. The van der Waals surface area contributed by atoms with Crippen LogP contribution in [0.5, 0.6) is 0 Å². The summed E-state index contributed by atoms with van der Waals surface area (Å²) in [5.41, 5.74) is -0.00134. The number of carbonyl (C=O) groups excluding carboxylic acids is 1. The van der Waals surface area contributed by atoms with Gasteiger partial charge in [-0.25, -0.2) is 4.99 Å². The van der Waals surface area contributed by atoms with Gasteiger partial charge >= 0.3 is 0 Å². The van der Waals surface area contributed by atoms with Gasteiger partial charge < -0.3 is 30.0 Å². The monoisotopic (exact) mass is 569 g/mol. The Morgan fingerprint density at radius 2 is 1.82 bits per heavy atom. The van der Waals surface area contributed by atoms with Gasteiger partial charge in [0.15, 0.2) is 5.96 Å². The summed E-state index contributed by atoms with van der Waals surface area (Å²) in [6.07, 6.45) is 0.392. The second-order valence-electron chi connectivity index (χ2n) is 8.26. The maximum Gasteiger partial charge on any atom is 0.224 e. The van der Waals surface area contributed by atoms with Gasteiger partial charge in [-0.1, -0.05) is 18.2 Å². The number of nitrogens with one attached hydrogen (secondary N) is 2. The van der Waals surface area contributed by atoms with Gasteiger partial charge in [-0.05, 0) is 45.0 Å². The van der Waals surface area contributed by atoms with E-state index in [-0.39, 0.29) is 36.4 Å². The van der Waals surface area contributed by atoms with Gasteiger partial charge in [-0.3, -0.25) is 4.79 Å². The molecule has 1 saturated heterocycles. The second-order valence-corrected chi connectivity index (χ2v) is 8.26. The van der Waals surface area contributed by atoms with E-state index in [1.165, 1.54) is 5.69 Å². The number of aliphatic hydroxyl groups is 1. The average molecular weight is 569 g/mol. The zero-order chi connectivity index (χ0) is 23.0. The molecule has 3 rings (SSSR count). The average Bonchev–Trinajstić information content (AvgIpc) is 3.25. The number of piperazine rings is 1. The van der Waals surface area contributed by atoms with E-state index in [2.05, 4.69) is 32.7 Å². The van der Waals surface area contributed by atoms with E-state index < -0.39 is 5.60 Å². The molecule has 0 saturated carbocycles. The Balaban J connectivity index is 0.00000385. The number of aliphatic imine (C=N–C) groups is 1. The van der Waals surface area contributed by atoms with Gasteiger partial charge in [0.2, 0.25) is 5.91 Å². The molecule has 1 amide bonds. The number of amides is 1. The molecule has 2 heterocycles. The summed E-state index contributed by atoms with van der Waals surface area (Å²) in [7, 11) is 0. The molecule has 2 aromatic rings. The van der Waals surface area contributed by atoms with Gasteiger partial charge in [-0.2, -0.15) is 0 Å². The number of hydrogen-bond donors (Lipinski definition) is 3. The molecule has 182 valence electrons. The van der Waals surface area contributed by atoms with E-state index in [4.69, 9.17) is 4.42 Å². The highest BCUT2D eigenvalue weighted by molar-refractivity contribution is 14.0. The Morgan fingerprint density at radius 1 is 1.12 bits per heavy atom.